The minimum Gasteiger partial charge on any atom is -0.497 e. The summed E-state index contributed by atoms with van der Waals surface area (Å²) >= 11 is 0. The van der Waals surface area contributed by atoms with Gasteiger partial charge in [-0.25, -0.2) is 0 Å². The number of nitrogens with zero attached hydrogens (tertiary/aromatic N) is 5. The van der Waals surface area contributed by atoms with Crippen LogP contribution < -0.4 is 9.64 Å². The second-order valence-corrected chi connectivity index (χ2v) is 8.77. The van der Waals surface area contributed by atoms with Crippen molar-refractivity contribution >= 4 is 17.6 Å². The highest BCUT2D eigenvalue weighted by molar-refractivity contribution is 5.96. The average molecular weight is 474 g/mol. The number of ether oxygens (including phenoxy) is 1. The molecule has 2 aromatic carbocycles. The quantitative estimate of drug-likeness (QED) is 0.524. The van der Waals surface area contributed by atoms with Crippen molar-refractivity contribution in [3.63, 3.8) is 0 Å². The van der Waals surface area contributed by atoms with Crippen LogP contribution in [0.1, 0.15) is 24.2 Å². The Labute approximate surface area is 206 Å². The summed E-state index contributed by atoms with van der Waals surface area (Å²) in [6.07, 6.45) is 0. The van der Waals surface area contributed by atoms with Crippen LogP contribution in [0, 0.1) is 0 Å². The molecule has 0 aliphatic carbocycles. The molecule has 1 aliphatic rings. The first kappa shape index (κ1) is 24.2. The highest BCUT2D eigenvalue weighted by atomic mass is 16.5. The Bertz CT molecular complexity index is 1130. The SMILES string of the molecule is COc1ccc(-c2ccc(N3CCN(C(=O)CN(C(=O)c4ccccc4)C(C)C)CC3)nn2)cc1. The van der Waals surface area contributed by atoms with E-state index < -0.39 is 0 Å². The van der Waals surface area contributed by atoms with Crippen LogP contribution in [0.15, 0.2) is 66.7 Å². The van der Waals surface area contributed by atoms with Gasteiger partial charge in [0.15, 0.2) is 5.82 Å². The van der Waals surface area contributed by atoms with E-state index in [1.807, 2.05) is 73.3 Å². The first-order chi connectivity index (χ1) is 17.0. The molecule has 1 saturated heterocycles. The maximum atomic E-state index is 13.0. The molecular formula is C27H31N5O3. The molecule has 1 aromatic heterocycles. The van der Waals surface area contributed by atoms with Crippen molar-refractivity contribution in [1.29, 1.82) is 0 Å². The van der Waals surface area contributed by atoms with Crippen LogP contribution in [-0.2, 0) is 4.79 Å². The van der Waals surface area contributed by atoms with Crippen molar-refractivity contribution in [2.75, 3.05) is 44.7 Å². The number of anilines is 1. The molecule has 1 fully saturated rings. The lowest BCUT2D eigenvalue weighted by Crippen LogP contribution is -2.53. The number of aromatic nitrogens is 2. The highest BCUT2D eigenvalue weighted by Gasteiger charge is 2.27. The van der Waals surface area contributed by atoms with Gasteiger partial charge in [-0.2, -0.15) is 0 Å². The number of benzene rings is 2. The minimum atomic E-state index is -0.125. The molecule has 0 unspecified atom stereocenters. The van der Waals surface area contributed by atoms with Crippen LogP contribution in [-0.4, -0.2) is 77.7 Å². The third-order valence-electron chi connectivity index (χ3n) is 6.20. The molecule has 8 nitrogen and oxygen atoms in total. The number of rotatable bonds is 7. The fourth-order valence-corrected chi connectivity index (χ4v) is 4.08. The normalized spacial score (nSPS) is 13.6. The van der Waals surface area contributed by atoms with Crippen LogP contribution in [0.4, 0.5) is 5.82 Å². The Morgan fingerprint density at radius 3 is 2.17 bits per heavy atom. The van der Waals surface area contributed by atoms with E-state index in [0.29, 0.717) is 31.7 Å². The Balaban J connectivity index is 1.33. The second-order valence-electron chi connectivity index (χ2n) is 8.77. The zero-order valence-electron chi connectivity index (χ0n) is 20.4. The predicted octanol–water partition coefficient (Wildman–Crippen LogP) is 3.35. The van der Waals surface area contributed by atoms with Crippen LogP contribution in [0.2, 0.25) is 0 Å². The molecule has 3 aromatic rings. The zero-order chi connectivity index (χ0) is 24.8. The number of piperazine rings is 1. The summed E-state index contributed by atoms with van der Waals surface area (Å²) in [6, 6.07) is 20.6. The van der Waals surface area contributed by atoms with Crippen molar-refractivity contribution in [2.45, 2.75) is 19.9 Å². The van der Waals surface area contributed by atoms with Gasteiger partial charge in [-0.05, 0) is 62.4 Å². The van der Waals surface area contributed by atoms with Crippen LogP contribution in [0.5, 0.6) is 5.75 Å². The maximum absolute atomic E-state index is 13.0. The first-order valence-corrected chi connectivity index (χ1v) is 11.8. The summed E-state index contributed by atoms with van der Waals surface area (Å²) in [5.41, 5.74) is 2.36. The second kappa shape index (κ2) is 11.0. The lowest BCUT2D eigenvalue weighted by atomic mass is 10.1. The lowest BCUT2D eigenvalue weighted by Gasteiger charge is -2.36. The molecule has 0 saturated carbocycles. The van der Waals surface area contributed by atoms with Gasteiger partial charge in [-0.15, -0.1) is 10.2 Å². The van der Waals surface area contributed by atoms with E-state index >= 15 is 0 Å². The van der Waals surface area contributed by atoms with E-state index in [4.69, 9.17) is 4.74 Å². The molecule has 0 atom stereocenters. The Kier molecular flexibility index (Phi) is 7.60. The Morgan fingerprint density at radius 1 is 0.914 bits per heavy atom. The summed E-state index contributed by atoms with van der Waals surface area (Å²) in [6.45, 7) is 6.41. The Hall–Kier alpha value is -3.94. The molecule has 0 N–H and O–H groups in total. The van der Waals surface area contributed by atoms with E-state index in [0.717, 1.165) is 22.8 Å². The van der Waals surface area contributed by atoms with Gasteiger partial charge in [0.2, 0.25) is 5.91 Å². The van der Waals surface area contributed by atoms with Gasteiger partial charge in [-0.1, -0.05) is 18.2 Å². The standard InChI is InChI=1S/C27H31N5O3/c1-20(2)32(27(34)22-7-5-4-6-8-22)19-26(33)31-17-15-30(16-18-31)25-14-13-24(28-29-25)21-9-11-23(35-3)12-10-21/h4-14,20H,15-19H2,1-3H3. The van der Waals surface area contributed by atoms with Crippen molar-refractivity contribution in [1.82, 2.24) is 20.0 Å². The molecule has 182 valence electrons. The van der Waals surface area contributed by atoms with E-state index in [1.165, 1.54) is 0 Å². The van der Waals surface area contributed by atoms with E-state index in [1.54, 1.807) is 24.1 Å². The lowest BCUT2D eigenvalue weighted by molar-refractivity contribution is -0.132. The first-order valence-electron chi connectivity index (χ1n) is 11.8. The number of methoxy groups -OCH3 is 1. The molecular weight excluding hydrogens is 442 g/mol. The third-order valence-corrected chi connectivity index (χ3v) is 6.20. The monoisotopic (exact) mass is 473 g/mol. The van der Waals surface area contributed by atoms with Crippen molar-refractivity contribution in [3.05, 3.63) is 72.3 Å². The number of carbonyl (C=O) groups excluding carboxylic acids is 2. The maximum Gasteiger partial charge on any atom is 0.254 e. The van der Waals surface area contributed by atoms with Gasteiger partial charge in [0, 0.05) is 43.3 Å². The largest absolute Gasteiger partial charge is 0.497 e. The molecule has 8 heteroatoms. The van der Waals surface area contributed by atoms with Crippen LogP contribution in [0.25, 0.3) is 11.3 Å². The minimum absolute atomic E-state index is 0.0384. The van der Waals surface area contributed by atoms with Crippen molar-refractivity contribution in [2.24, 2.45) is 0 Å². The fourth-order valence-electron chi connectivity index (χ4n) is 4.08. The van der Waals surface area contributed by atoms with E-state index in [9.17, 15) is 9.59 Å². The number of carbonyl (C=O) groups is 2. The van der Waals surface area contributed by atoms with Gasteiger partial charge in [0.1, 0.15) is 12.3 Å². The smallest absolute Gasteiger partial charge is 0.254 e. The number of hydrogen-bond donors (Lipinski definition) is 0. The van der Waals surface area contributed by atoms with Crippen molar-refractivity contribution < 1.29 is 14.3 Å². The van der Waals surface area contributed by atoms with Gasteiger partial charge in [-0.3, -0.25) is 9.59 Å². The van der Waals surface area contributed by atoms with E-state index in [-0.39, 0.29) is 24.4 Å². The highest BCUT2D eigenvalue weighted by Crippen LogP contribution is 2.22. The molecule has 2 heterocycles. The van der Waals surface area contributed by atoms with Gasteiger partial charge in [0.25, 0.3) is 5.91 Å². The summed E-state index contributed by atoms with van der Waals surface area (Å²) in [7, 11) is 1.64. The fraction of sp³-hybridized carbons (Fsp3) is 0.333. The number of hydrogen-bond acceptors (Lipinski definition) is 6. The van der Waals surface area contributed by atoms with Crippen molar-refractivity contribution in [3.8, 4) is 17.0 Å². The molecule has 4 rings (SSSR count). The Morgan fingerprint density at radius 2 is 1.60 bits per heavy atom. The number of amides is 2. The topological polar surface area (TPSA) is 78.9 Å². The molecule has 0 radical (unpaired) electrons. The van der Waals surface area contributed by atoms with Crippen LogP contribution >= 0.6 is 0 Å². The summed E-state index contributed by atoms with van der Waals surface area (Å²) in [5, 5.41) is 8.79. The van der Waals surface area contributed by atoms with Crippen LogP contribution in [0.3, 0.4) is 0 Å². The summed E-state index contributed by atoms with van der Waals surface area (Å²) in [4.78, 5) is 31.5. The van der Waals surface area contributed by atoms with Gasteiger partial charge >= 0.3 is 0 Å². The van der Waals surface area contributed by atoms with Gasteiger partial charge < -0.3 is 19.4 Å². The van der Waals surface area contributed by atoms with E-state index in [2.05, 4.69) is 15.1 Å². The third kappa shape index (κ3) is 5.77. The average Bonchev–Trinajstić information content (AvgIpc) is 2.92. The molecule has 0 spiro atoms. The molecule has 1 aliphatic heterocycles. The molecule has 0 bridgehead atoms. The summed E-state index contributed by atoms with van der Waals surface area (Å²) in [5.74, 6) is 1.42. The molecule has 35 heavy (non-hydrogen) atoms. The van der Waals surface area contributed by atoms with Gasteiger partial charge in [0.05, 0.1) is 12.8 Å². The predicted molar refractivity (Wildman–Crippen MR) is 135 cm³/mol. The summed E-state index contributed by atoms with van der Waals surface area (Å²) < 4.78 is 5.20. The molecule has 2 amide bonds. The zero-order valence-corrected chi connectivity index (χ0v) is 20.4.